The molecule has 0 amide bonds. The molecular formula is C15H17N3O. The van der Waals surface area contributed by atoms with Crippen LogP contribution in [0.5, 0.6) is 0 Å². The smallest absolute Gasteiger partial charge is 0.205 e. The molecule has 0 atom stereocenters. The first-order valence-corrected chi connectivity index (χ1v) is 6.46. The third-order valence-electron chi connectivity index (χ3n) is 2.80. The van der Waals surface area contributed by atoms with Gasteiger partial charge in [0.05, 0.1) is 5.90 Å². The summed E-state index contributed by atoms with van der Waals surface area (Å²) in [5.74, 6) is -0.264. The molecule has 2 aromatic rings. The first-order chi connectivity index (χ1) is 9.29. The van der Waals surface area contributed by atoms with Gasteiger partial charge in [0.25, 0.3) is 0 Å². The molecule has 0 aliphatic carbocycles. The normalized spacial score (nSPS) is 11.5. The van der Waals surface area contributed by atoms with Crippen LogP contribution in [0.4, 0.5) is 0 Å². The first-order valence-electron chi connectivity index (χ1n) is 6.46. The van der Waals surface area contributed by atoms with E-state index in [-0.39, 0.29) is 5.90 Å². The number of rotatable bonds is 5. The van der Waals surface area contributed by atoms with E-state index in [9.17, 15) is 5.11 Å². The van der Waals surface area contributed by atoms with Crippen molar-refractivity contribution in [3.05, 3.63) is 60.2 Å². The summed E-state index contributed by atoms with van der Waals surface area (Å²) < 4.78 is 1.58. The van der Waals surface area contributed by atoms with E-state index in [1.165, 1.54) is 5.56 Å². The molecule has 2 rings (SSSR count). The van der Waals surface area contributed by atoms with E-state index >= 15 is 0 Å². The lowest BCUT2D eigenvalue weighted by atomic mass is 10.1. The van der Waals surface area contributed by atoms with Crippen molar-refractivity contribution in [3.8, 4) is 0 Å². The predicted molar refractivity (Wildman–Crippen MR) is 71.4 cm³/mol. The molecule has 4 nitrogen and oxygen atoms in total. The fourth-order valence-corrected chi connectivity index (χ4v) is 1.76. The Morgan fingerprint density at radius 3 is 2.84 bits per heavy atom. The van der Waals surface area contributed by atoms with Gasteiger partial charge in [-0.3, -0.25) is 4.98 Å². The number of aromatic nitrogens is 2. The summed E-state index contributed by atoms with van der Waals surface area (Å²) in [4.78, 5) is 3.88. The Labute approximate surface area is 113 Å². The van der Waals surface area contributed by atoms with Crippen LogP contribution < -0.4 is 9.78 Å². The van der Waals surface area contributed by atoms with Crippen molar-refractivity contribution in [3.63, 3.8) is 0 Å². The molecule has 0 unspecified atom stereocenters. The molecule has 0 bridgehead atoms. The van der Waals surface area contributed by atoms with Crippen molar-refractivity contribution in [1.82, 2.24) is 4.98 Å². The van der Waals surface area contributed by atoms with E-state index in [1.807, 2.05) is 12.3 Å². The SMILES string of the molecule is CCCCc1ccc[n+](/N=C(\[O-])c2ccncc2)c1. The van der Waals surface area contributed by atoms with Crippen LogP contribution in [-0.4, -0.2) is 10.9 Å². The molecule has 0 N–H and O–H groups in total. The topological polar surface area (TPSA) is 52.2 Å². The van der Waals surface area contributed by atoms with Gasteiger partial charge < -0.3 is 5.11 Å². The van der Waals surface area contributed by atoms with Gasteiger partial charge in [-0.05, 0) is 41.7 Å². The minimum atomic E-state index is -0.264. The maximum Gasteiger partial charge on any atom is 0.205 e. The summed E-state index contributed by atoms with van der Waals surface area (Å²) in [6.45, 7) is 2.16. The van der Waals surface area contributed by atoms with E-state index in [2.05, 4.69) is 23.1 Å². The van der Waals surface area contributed by atoms with Crippen molar-refractivity contribution >= 4 is 5.90 Å². The number of nitrogens with zero attached hydrogens (tertiary/aromatic N) is 3. The quantitative estimate of drug-likeness (QED) is 0.459. The second kappa shape index (κ2) is 6.64. The van der Waals surface area contributed by atoms with Crippen LogP contribution >= 0.6 is 0 Å². The molecule has 19 heavy (non-hydrogen) atoms. The van der Waals surface area contributed by atoms with Crippen LogP contribution in [0.25, 0.3) is 0 Å². The highest BCUT2D eigenvalue weighted by molar-refractivity contribution is 5.89. The lowest BCUT2D eigenvalue weighted by Gasteiger charge is -2.05. The summed E-state index contributed by atoms with van der Waals surface area (Å²) in [7, 11) is 0. The zero-order valence-electron chi connectivity index (χ0n) is 11.0. The van der Waals surface area contributed by atoms with Gasteiger partial charge in [-0.25, -0.2) is 0 Å². The van der Waals surface area contributed by atoms with Crippen LogP contribution in [0.15, 0.2) is 54.2 Å². The van der Waals surface area contributed by atoms with Gasteiger partial charge in [-0.2, -0.15) is 0 Å². The summed E-state index contributed by atoms with van der Waals surface area (Å²) in [5.41, 5.74) is 1.73. The van der Waals surface area contributed by atoms with Gasteiger partial charge in [0, 0.05) is 24.0 Å². The Morgan fingerprint density at radius 1 is 1.32 bits per heavy atom. The number of aryl methyl sites for hydroxylation is 1. The largest absolute Gasteiger partial charge is 0.854 e. The van der Waals surface area contributed by atoms with E-state index in [0.29, 0.717) is 5.56 Å². The van der Waals surface area contributed by atoms with Gasteiger partial charge in [-0.15, -0.1) is 0 Å². The Balaban J connectivity index is 2.18. The molecule has 98 valence electrons. The van der Waals surface area contributed by atoms with Crippen molar-refractivity contribution in [1.29, 1.82) is 0 Å². The maximum absolute atomic E-state index is 11.9. The third kappa shape index (κ3) is 3.88. The van der Waals surface area contributed by atoms with Gasteiger partial charge in [0.15, 0.2) is 0 Å². The first kappa shape index (κ1) is 13.2. The van der Waals surface area contributed by atoms with Crippen molar-refractivity contribution in [2.45, 2.75) is 26.2 Å². The van der Waals surface area contributed by atoms with Gasteiger partial charge in [0.2, 0.25) is 12.4 Å². The minimum absolute atomic E-state index is 0.264. The molecule has 0 saturated heterocycles. The zero-order chi connectivity index (χ0) is 13.5. The second-order valence-electron chi connectivity index (χ2n) is 4.34. The molecule has 0 fully saturated rings. The average molecular weight is 255 g/mol. The fourth-order valence-electron chi connectivity index (χ4n) is 1.76. The van der Waals surface area contributed by atoms with Crippen LogP contribution in [0.2, 0.25) is 0 Å². The molecule has 0 aliphatic heterocycles. The number of hydrogen-bond acceptors (Lipinski definition) is 3. The monoisotopic (exact) mass is 255 g/mol. The zero-order valence-corrected chi connectivity index (χ0v) is 11.0. The van der Waals surface area contributed by atoms with Crippen LogP contribution in [0.1, 0.15) is 30.9 Å². The highest BCUT2D eigenvalue weighted by Crippen LogP contribution is 2.01. The Bertz CT molecular complexity index is 552. The summed E-state index contributed by atoms with van der Waals surface area (Å²) in [6, 6.07) is 7.29. The van der Waals surface area contributed by atoms with Gasteiger partial charge in [-0.1, -0.05) is 18.0 Å². The predicted octanol–water partition coefficient (Wildman–Crippen LogP) is 1.28. The lowest BCUT2D eigenvalue weighted by Crippen LogP contribution is -2.33. The second-order valence-corrected chi connectivity index (χ2v) is 4.34. The maximum atomic E-state index is 11.9. The molecule has 4 heteroatoms. The van der Waals surface area contributed by atoms with E-state index in [4.69, 9.17) is 0 Å². The Morgan fingerprint density at radius 2 is 2.11 bits per heavy atom. The molecule has 0 saturated carbocycles. The number of pyridine rings is 2. The fraction of sp³-hybridized carbons (Fsp3) is 0.267. The summed E-state index contributed by atoms with van der Waals surface area (Å²) >= 11 is 0. The molecule has 2 aromatic heterocycles. The third-order valence-corrected chi connectivity index (χ3v) is 2.80. The Kier molecular flexibility index (Phi) is 4.61. The highest BCUT2D eigenvalue weighted by Gasteiger charge is 2.02. The van der Waals surface area contributed by atoms with Gasteiger partial charge >= 0.3 is 0 Å². The molecular weight excluding hydrogens is 238 g/mol. The Hall–Kier alpha value is -2.23. The summed E-state index contributed by atoms with van der Waals surface area (Å²) in [6.07, 6.45) is 10.2. The summed E-state index contributed by atoms with van der Waals surface area (Å²) in [5, 5.41) is 16.0. The lowest BCUT2D eigenvalue weighted by molar-refractivity contribution is -0.681. The number of hydrogen-bond donors (Lipinski definition) is 0. The highest BCUT2D eigenvalue weighted by atomic mass is 16.3. The molecule has 0 aliphatic rings. The standard InChI is InChI=1S/C15H17N3O/c1-2-3-5-13-6-4-11-18(12-13)17-15(19)14-7-9-16-10-8-14/h4,6-12H,2-3,5H2,1H3. The molecule has 0 aromatic carbocycles. The molecule has 0 radical (unpaired) electrons. The van der Waals surface area contributed by atoms with Crippen LogP contribution in [0, 0.1) is 0 Å². The van der Waals surface area contributed by atoms with Crippen molar-refractivity contribution in [2.24, 2.45) is 5.10 Å². The van der Waals surface area contributed by atoms with E-state index < -0.39 is 0 Å². The van der Waals surface area contributed by atoms with E-state index in [1.54, 1.807) is 35.4 Å². The van der Waals surface area contributed by atoms with Crippen LogP contribution in [-0.2, 0) is 6.42 Å². The van der Waals surface area contributed by atoms with Crippen molar-refractivity contribution < 1.29 is 9.78 Å². The number of unbranched alkanes of at least 4 members (excludes halogenated alkanes) is 1. The van der Waals surface area contributed by atoms with Crippen LogP contribution in [0.3, 0.4) is 0 Å². The van der Waals surface area contributed by atoms with Gasteiger partial charge in [0.1, 0.15) is 0 Å². The molecule has 0 spiro atoms. The molecule has 2 heterocycles. The van der Waals surface area contributed by atoms with E-state index in [0.717, 1.165) is 19.3 Å². The minimum Gasteiger partial charge on any atom is -0.854 e. The van der Waals surface area contributed by atoms with Crippen molar-refractivity contribution in [2.75, 3.05) is 0 Å². The average Bonchev–Trinajstić information content (AvgIpc) is 2.46.